The molecule has 2 heterocycles. The summed E-state index contributed by atoms with van der Waals surface area (Å²) in [6.07, 6.45) is 4.47. The lowest BCUT2D eigenvalue weighted by Crippen LogP contribution is -2.31. The minimum absolute atomic E-state index is 0.451. The molecule has 0 N–H and O–H groups in total. The van der Waals surface area contributed by atoms with E-state index in [4.69, 9.17) is 11.6 Å². The van der Waals surface area contributed by atoms with Crippen LogP contribution >= 0.6 is 11.6 Å². The van der Waals surface area contributed by atoms with Gasteiger partial charge < -0.3 is 4.90 Å². The molecule has 0 atom stereocenters. The molecule has 1 aromatic rings. The molecule has 0 aliphatic carbocycles. The zero-order valence-corrected chi connectivity index (χ0v) is 11.0. The minimum Gasteiger partial charge on any atom is -0.306 e. The van der Waals surface area contributed by atoms with Crippen LogP contribution in [0.4, 0.5) is 0 Å². The Balaban J connectivity index is 2.12. The van der Waals surface area contributed by atoms with E-state index in [1.165, 1.54) is 18.4 Å². The number of hydrogen-bond acceptors (Lipinski definition) is 2. The van der Waals surface area contributed by atoms with Crippen molar-refractivity contribution >= 4 is 11.6 Å². The molecular formula is C12H20ClN3. The van der Waals surface area contributed by atoms with Gasteiger partial charge in [0.2, 0.25) is 0 Å². The van der Waals surface area contributed by atoms with Gasteiger partial charge in [-0.3, -0.25) is 4.68 Å². The largest absolute Gasteiger partial charge is 0.306 e. The highest BCUT2D eigenvalue weighted by Gasteiger charge is 2.20. The van der Waals surface area contributed by atoms with Gasteiger partial charge in [0.1, 0.15) is 0 Å². The SMILES string of the molecule is CC(C)c1cn(C2CCN(C)CC2)nc1Cl. The fraction of sp³-hybridized carbons (Fsp3) is 0.750. The van der Waals surface area contributed by atoms with E-state index in [2.05, 4.69) is 41.8 Å². The Morgan fingerprint density at radius 3 is 2.50 bits per heavy atom. The van der Waals surface area contributed by atoms with Crippen molar-refractivity contribution in [3.05, 3.63) is 16.9 Å². The molecule has 1 aliphatic rings. The number of nitrogens with zero attached hydrogens (tertiary/aromatic N) is 3. The standard InChI is InChI=1S/C12H20ClN3/c1-9(2)11-8-16(14-12(11)13)10-4-6-15(3)7-5-10/h8-10H,4-7H2,1-3H3. The highest BCUT2D eigenvalue weighted by Crippen LogP contribution is 2.27. The first-order chi connectivity index (χ1) is 7.58. The summed E-state index contributed by atoms with van der Waals surface area (Å²) in [6, 6.07) is 0.529. The van der Waals surface area contributed by atoms with Crippen LogP contribution in [-0.2, 0) is 0 Å². The van der Waals surface area contributed by atoms with Crippen molar-refractivity contribution < 1.29 is 0 Å². The summed E-state index contributed by atoms with van der Waals surface area (Å²) in [7, 11) is 2.17. The van der Waals surface area contributed by atoms with Crippen molar-refractivity contribution in [1.29, 1.82) is 0 Å². The van der Waals surface area contributed by atoms with Crippen molar-refractivity contribution in [2.45, 2.75) is 38.6 Å². The fourth-order valence-electron chi connectivity index (χ4n) is 2.22. The van der Waals surface area contributed by atoms with Gasteiger partial charge in [-0.25, -0.2) is 0 Å². The Morgan fingerprint density at radius 2 is 2.00 bits per heavy atom. The zero-order chi connectivity index (χ0) is 11.7. The van der Waals surface area contributed by atoms with Crippen LogP contribution in [0.2, 0.25) is 5.15 Å². The molecular weight excluding hydrogens is 222 g/mol. The fourth-order valence-corrected chi connectivity index (χ4v) is 2.57. The molecule has 1 fully saturated rings. The van der Waals surface area contributed by atoms with Gasteiger partial charge in [0.15, 0.2) is 5.15 Å². The normalized spacial score (nSPS) is 19.6. The second kappa shape index (κ2) is 4.76. The number of aromatic nitrogens is 2. The highest BCUT2D eigenvalue weighted by molar-refractivity contribution is 6.30. The lowest BCUT2D eigenvalue weighted by Gasteiger charge is -2.28. The number of halogens is 1. The van der Waals surface area contributed by atoms with Crippen LogP contribution in [0.3, 0.4) is 0 Å². The van der Waals surface area contributed by atoms with Gasteiger partial charge >= 0.3 is 0 Å². The Bertz CT molecular complexity index is 351. The third-order valence-electron chi connectivity index (χ3n) is 3.40. The van der Waals surface area contributed by atoms with E-state index in [0.29, 0.717) is 17.1 Å². The third kappa shape index (κ3) is 2.41. The van der Waals surface area contributed by atoms with Crippen molar-refractivity contribution in [2.75, 3.05) is 20.1 Å². The average molecular weight is 242 g/mol. The Labute approximate surface area is 102 Å². The molecule has 0 amide bonds. The Hall–Kier alpha value is -0.540. The summed E-state index contributed by atoms with van der Waals surface area (Å²) in [6.45, 7) is 6.61. The van der Waals surface area contributed by atoms with Crippen molar-refractivity contribution in [2.24, 2.45) is 0 Å². The maximum Gasteiger partial charge on any atom is 0.154 e. The summed E-state index contributed by atoms with van der Waals surface area (Å²) >= 11 is 6.15. The van der Waals surface area contributed by atoms with Gasteiger partial charge in [-0.05, 0) is 38.9 Å². The lowest BCUT2D eigenvalue weighted by atomic mass is 10.1. The van der Waals surface area contributed by atoms with Crippen molar-refractivity contribution in [3.63, 3.8) is 0 Å². The first kappa shape index (κ1) is 11.9. The highest BCUT2D eigenvalue weighted by atomic mass is 35.5. The summed E-state index contributed by atoms with van der Waals surface area (Å²) in [5, 5.41) is 5.12. The molecule has 0 bridgehead atoms. The molecule has 0 saturated carbocycles. The van der Waals surface area contributed by atoms with Crippen LogP contribution in [0.15, 0.2) is 6.20 Å². The first-order valence-electron chi connectivity index (χ1n) is 6.01. The minimum atomic E-state index is 0.451. The third-order valence-corrected chi connectivity index (χ3v) is 3.69. The quantitative estimate of drug-likeness (QED) is 0.794. The van der Waals surface area contributed by atoms with Crippen molar-refractivity contribution in [3.8, 4) is 0 Å². The lowest BCUT2D eigenvalue weighted by molar-refractivity contribution is 0.212. The Kier molecular flexibility index (Phi) is 3.55. The molecule has 1 saturated heterocycles. The van der Waals surface area contributed by atoms with Gasteiger partial charge in [-0.2, -0.15) is 5.10 Å². The van der Waals surface area contributed by atoms with Crippen LogP contribution in [0.25, 0.3) is 0 Å². The summed E-state index contributed by atoms with van der Waals surface area (Å²) < 4.78 is 2.07. The van der Waals surface area contributed by atoms with Gasteiger partial charge in [-0.15, -0.1) is 0 Å². The van der Waals surface area contributed by atoms with Crippen LogP contribution in [-0.4, -0.2) is 34.8 Å². The molecule has 1 aromatic heterocycles. The summed E-state index contributed by atoms with van der Waals surface area (Å²) in [5.74, 6) is 0.451. The van der Waals surface area contributed by atoms with Gasteiger partial charge in [0.05, 0.1) is 6.04 Å². The number of hydrogen-bond donors (Lipinski definition) is 0. The molecule has 0 unspecified atom stereocenters. The van der Waals surface area contributed by atoms with E-state index in [1.54, 1.807) is 0 Å². The zero-order valence-electron chi connectivity index (χ0n) is 10.3. The van der Waals surface area contributed by atoms with Gasteiger partial charge in [0.25, 0.3) is 0 Å². The topological polar surface area (TPSA) is 21.1 Å². The molecule has 16 heavy (non-hydrogen) atoms. The first-order valence-corrected chi connectivity index (χ1v) is 6.39. The predicted molar refractivity (Wildman–Crippen MR) is 67.1 cm³/mol. The molecule has 0 spiro atoms. The Morgan fingerprint density at radius 1 is 1.38 bits per heavy atom. The average Bonchev–Trinajstić information content (AvgIpc) is 2.61. The molecule has 4 heteroatoms. The second-order valence-electron chi connectivity index (χ2n) is 5.04. The van der Waals surface area contributed by atoms with Crippen LogP contribution in [0.1, 0.15) is 44.2 Å². The van der Waals surface area contributed by atoms with E-state index in [1.807, 2.05) is 0 Å². The van der Waals surface area contributed by atoms with E-state index >= 15 is 0 Å². The van der Waals surface area contributed by atoms with Crippen LogP contribution in [0.5, 0.6) is 0 Å². The summed E-state index contributed by atoms with van der Waals surface area (Å²) in [5.41, 5.74) is 1.17. The van der Waals surface area contributed by atoms with E-state index in [0.717, 1.165) is 13.1 Å². The van der Waals surface area contributed by atoms with Gasteiger partial charge in [0, 0.05) is 11.8 Å². The molecule has 1 aliphatic heterocycles. The van der Waals surface area contributed by atoms with Crippen LogP contribution < -0.4 is 0 Å². The maximum atomic E-state index is 6.15. The smallest absolute Gasteiger partial charge is 0.154 e. The van der Waals surface area contributed by atoms with Crippen molar-refractivity contribution in [1.82, 2.24) is 14.7 Å². The van der Waals surface area contributed by atoms with E-state index in [-0.39, 0.29) is 0 Å². The molecule has 0 radical (unpaired) electrons. The van der Waals surface area contributed by atoms with E-state index < -0.39 is 0 Å². The van der Waals surface area contributed by atoms with Gasteiger partial charge in [-0.1, -0.05) is 25.4 Å². The predicted octanol–water partition coefficient (Wildman–Crippen LogP) is 2.93. The maximum absolute atomic E-state index is 6.15. The summed E-state index contributed by atoms with van der Waals surface area (Å²) in [4.78, 5) is 2.37. The molecule has 2 rings (SSSR count). The van der Waals surface area contributed by atoms with E-state index in [9.17, 15) is 0 Å². The number of likely N-dealkylation sites (tertiary alicyclic amines) is 1. The van der Waals surface area contributed by atoms with Crippen LogP contribution in [0, 0.1) is 0 Å². The molecule has 90 valence electrons. The number of piperidine rings is 1. The second-order valence-corrected chi connectivity index (χ2v) is 5.40. The monoisotopic (exact) mass is 241 g/mol. The molecule has 0 aromatic carbocycles. The number of rotatable bonds is 2. The molecule has 3 nitrogen and oxygen atoms in total.